The Morgan fingerprint density at radius 1 is 1.00 bits per heavy atom. The first-order valence-corrected chi connectivity index (χ1v) is 8.41. The summed E-state index contributed by atoms with van der Waals surface area (Å²) in [5.74, 6) is -0.956. The molecule has 1 unspecified atom stereocenters. The molecule has 1 spiro atoms. The molecule has 0 heterocycles. The van der Waals surface area contributed by atoms with E-state index in [9.17, 15) is 14.4 Å². The van der Waals surface area contributed by atoms with Crippen LogP contribution >= 0.6 is 0 Å². The van der Waals surface area contributed by atoms with Gasteiger partial charge in [0.05, 0.1) is 0 Å². The molecule has 2 aromatic carbocycles. The van der Waals surface area contributed by atoms with Crippen molar-refractivity contribution in [3.63, 3.8) is 0 Å². The Hall–Kier alpha value is -2.55. The van der Waals surface area contributed by atoms with Gasteiger partial charge in [-0.1, -0.05) is 61.9 Å². The molecule has 1 saturated carbocycles. The molecule has 0 radical (unpaired) electrons. The van der Waals surface area contributed by atoms with E-state index in [0.717, 1.165) is 12.8 Å². The minimum absolute atomic E-state index is 0.0902. The monoisotopic (exact) mass is 318 g/mol. The van der Waals surface area contributed by atoms with Crippen molar-refractivity contribution in [2.75, 3.05) is 0 Å². The lowest BCUT2D eigenvalue weighted by molar-refractivity contribution is 0.0766. The van der Waals surface area contributed by atoms with Crippen LogP contribution in [0.2, 0.25) is 0 Å². The number of Topliss-reactive ketones (excluding diaryl/α,β-unsaturated/α-hetero) is 3. The SMILES string of the molecule is CCCc1ccc(C(=O)C2CC23C(=O)c2ccccc2C3=O)cc1. The maximum Gasteiger partial charge on any atom is 0.178 e. The Labute approximate surface area is 140 Å². The maximum absolute atomic E-state index is 12.8. The number of fused-ring (bicyclic) bond motifs is 1. The zero-order valence-corrected chi connectivity index (χ0v) is 13.5. The fraction of sp³-hybridized carbons (Fsp3) is 0.286. The molecule has 3 heteroatoms. The first-order chi connectivity index (χ1) is 11.6. The largest absolute Gasteiger partial charge is 0.294 e. The summed E-state index contributed by atoms with van der Waals surface area (Å²) < 4.78 is 0. The highest BCUT2D eigenvalue weighted by Gasteiger charge is 2.71. The van der Waals surface area contributed by atoms with Gasteiger partial charge in [-0.25, -0.2) is 0 Å². The van der Waals surface area contributed by atoms with Gasteiger partial charge in [0.15, 0.2) is 17.3 Å². The molecule has 0 N–H and O–H groups in total. The van der Waals surface area contributed by atoms with Crippen LogP contribution in [0.5, 0.6) is 0 Å². The van der Waals surface area contributed by atoms with Crippen molar-refractivity contribution in [3.8, 4) is 0 Å². The molecule has 0 amide bonds. The molecule has 3 nitrogen and oxygen atoms in total. The lowest BCUT2D eigenvalue weighted by atomic mass is 9.93. The molecule has 24 heavy (non-hydrogen) atoms. The summed E-state index contributed by atoms with van der Waals surface area (Å²) in [6.07, 6.45) is 2.38. The predicted molar refractivity (Wildman–Crippen MR) is 90.4 cm³/mol. The summed E-state index contributed by atoms with van der Waals surface area (Å²) in [5, 5.41) is 0. The van der Waals surface area contributed by atoms with Crippen LogP contribution in [0, 0.1) is 11.3 Å². The quantitative estimate of drug-likeness (QED) is 0.634. The number of ketones is 3. The number of benzene rings is 2. The molecule has 1 fully saturated rings. The summed E-state index contributed by atoms with van der Waals surface area (Å²) in [7, 11) is 0. The molecule has 0 saturated heterocycles. The Balaban J connectivity index is 1.61. The third-order valence-electron chi connectivity index (χ3n) is 5.28. The smallest absolute Gasteiger partial charge is 0.178 e. The van der Waals surface area contributed by atoms with Gasteiger partial charge in [0.1, 0.15) is 5.41 Å². The zero-order valence-electron chi connectivity index (χ0n) is 13.5. The minimum atomic E-state index is -1.12. The summed E-state index contributed by atoms with van der Waals surface area (Å²) in [5.41, 5.74) is 1.60. The van der Waals surface area contributed by atoms with Gasteiger partial charge in [-0.05, 0) is 18.4 Å². The highest BCUT2D eigenvalue weighted by molar-refractivity contribution is 6.34. The van der Waals surface area contributed by atoms with Crippen molar-refractivity contribution >= 4 is 17.3 Å². The summed E-state index contributed by atoms with van der Waals surface area (Å²) >= 11 is 0. The Bertz CT molecular complexity index is 826. The second-order valence-electron chi connectivity index (χ2n) is 6.74. The lowest BCUT2D eigenvalue weighted by Crippen LogP contribution is -2.22. The van der Waals surface area contributed by atoms with Crippen LogP contribution in [0.15, 0.2) is 48.5 Å². The molecule has 2 aliphatic carbocycles. The zero-order chi connectivity index (χ0) is 16.9. The van der Waals surface area contributed by atoms with Crippen LogP contribution in [0.25, 0.3) is 0 Å². The van der Waals surface area contributed by atoms with Crippen LogP contribution < -0.4 is 0 Å². The number of carbonyl (C=O) groups excluding carboxylic acids is 3. The van der Waals surface area contributed by atoms with Gasteiger partial charge in [-0.3, -0.25) is 14.4 Å². The van der Waals surface area contributed by atoms with Crippen LogP contribution in [-0.4, -0.2) is 17.3 Å². The molecule has 0 aromatic heterocycles. The molecule has 1 atom stereocenters. The molecule has 0 aliphatic heterocycles. The normalized spacial score (nSPS) is 20.3. The van der Waals surface area contributed by atoms with Crippen LogP contribution in [0.1, 0.15) is 56.4 Å². The van der Waals surface area contributed by atoms with Crippen LogP contribution in [0.4, 0.5) is 0 Å². The number of rotatable bonds is 4. The molecular weight excluding hydrogens is 300 g/mol. The number of hydrogen-bond donors (Lipinski definition) is 0. The Morgan fingerprint density at radius 3 is 2.12 bits per heavy atom. The number of aryl methyl sites for hydroxylation is 1. The topological polar surface area (TPSA) is 51.2 Å². The van der Waals surface area contributed by atoms with Crippen LogP contribution in [-0.2, 0) is 6.42 Å². The van der Waals surface area contributed by atoms with Crippen molar-refractivity contribution in [2.45, 2.75) is 26.2 Å². The van der Waals surface area contributed by atoms with E-state index in [0.29, 0.717) is 23.1 Å². The lowest BCUT2D eigenvalue weighted by Gasteiger charge is -2.06. The molecule has 4 rings (SSSR count). The van der Waals surface area contributed by atoms with E-state index in [-0.39, 0.29) is 17.3 Å². The summed E-state index contributed by atoms with van der Waals surface area (Å²) in [6.45, 7) is 2.11. The standard InChI is InChI=1S/C21H18O3/c1-2-5-13-8-10-14(11-9-13)18(22)17-12-21(17)19(23)15-6-3-4-7-16(15)20(21)24/h3-4,6-11,17H,2,5,12H2,1H3. The van der Waals surface area contributed by atoms with E-state index in [1.807, 2.05) is 24.3 Å². The summed E-state index contributed by atoms with van der Waals surface area (Å²) in [6, 6.07) is 14.4. The third-order valence-corrected chi connectivity index (χ3v) is 5.28. The van der Waals surface area contributed by atoms with E-state index in [2.05, 4.69) is 6.92 Å². The van der Waals surface area contributed by atoms with E-state index < -0.39 is 11.3 Å². The average molecular weight is 318 g/mol. The Morgan fingerprint density at radius 2 is 1.58 bits per heavy atom. The second-order valence-corrected chi connectivity index (χ2v) is 6.74. The van der Waals surface area contributed by atoms with Gasteiger partial charge >= 0.3 is 0 Å². The van der Waals surface area contributed by atoms with Crippen molar-refractivity contribution in [1.82, 2.24) is 0 Å². The van der Waals surface area contributed by atoms with Crippen LogP contribution in [0.3, 0.4) is 0 Å². The number of hydrogen-bond acceptors (Lipinski definition) is 3. The van der Waals surface area contributed by atoms with Crippen molar-refractivity contribution in [1.29, 1.82) is 0 Å². The third kappa shape index (κ3) is 1.94. The van der Waals surface area contributed by atoms with Gasteiger partial charge in [0.25, 0.3) is 0 Å². The molecular formula is C21H18O3. The molecule has 0 bridgehead atoms. The summed E-state index contributed by atoms with van der Waals surface area (Å²) in [4.78, 5) is 38.2. The Kier molecular flexibility index (Phi) is 3.27. The average Bonchev–Trinajstić information content (AvgIpc) is 3.33. The van der Waals surface area contributed by atoms with Crippen molar-refractivity contribution in [2.24, 2.45) is 11.3 Å². The first kappa shape index (κ1) is 15.0. The highest BCUT2D eigenvalue weighted by Crippen LogP contribution is 2.61. The van der Waals surface area contributed by atoms with Crippen molar-refractivity contribution in [3.05, 3.63) is 70.8 Å². The van der Waals surface area contributed by atoms with E-state index in [4.69, 9.17) is 0 Å². The van der Waals surface area contributed by atoms with Gasteiger partial charge in [-0.15, -0.1) is 0 Å². The van der Waals surface area contributed by atoms with Gasteiger partial charge in [-0.2, -0.15) is 0 Å². The highest BCUT2D eigenvalue weighted by atomic mass is 16.2. The van der Waals surface area contributed by atoms with E-state index in [1.54, 1.807) is 24.3 Å². The fourth-order valence-electron chi connectivity index (χ4n) is 3.87. The molecule has 2 aromatic rings. The van der Waals surface area contributed by atoms with Crippen molar-refractivity contribution < 1.29 is 14.4 Å². The minimum Gasteiger partial charge on any atom is -0.294 e. The first-order valence-electron chi connectivity index (χ1n) is 8.41. The van der Waals surface area contributed by atoms with Gasteiger partial charge in [0.2, 0.25) is 0 Å². The van der Waals surface area contributed by atoms with Gasteiger partial charge < -0.3 is 0 Å². The predicted octanol–water partition coefficient (Wildman–Crippen LogP) is 3.91. The second kappa shape index (κ2) is 5.23. The van der Waals surface area contributed by atoms with E-state index in [1.165, 1.54) is 5.56 Å². The fourth-order valence-corrected chi connectivity index (χ4v) is 3.87. The van der Waals surface area contributed by atoms with E-state index >= 15 is 0 Å². The molecule has 120 valence electrons. The maximum atomic E-state index is 12.8. The van der Waals surface area contributed by atoms with Gasteiger partial charge in [0, 0.05) is 22.6 Å². The number of carbonyl (C=O) groups is 3. The molecule has 2 aliphatic rings.